The topological polar surface area (TPSA) is 103 Å². The van der Waals surface area contributed by atoms with Gasteiger partial charge in [-0.15, -0.1) is 35.5 Å². The molecule has 4 aliphatic heterocycles. The Bertz CT molecular complexity index is 852. The minimum atomic E-state index is -2.03. The Morgan fingerprint density at radius 1 is 0.659 bits per heavy atom. The van der Waals surface area contributed by atoms with Crippen LogP contribution in [-0.4, -0.2) is 137 Å². The Morgan fingerprint density at radius 2 is 0.976 bits per heavy atom. The van der Waals surface area contributed by atoms with Crippen LogP contribution in [0.15, 0.2) is 0 Å². The molecule has 0 aromatic heterocycles. The van der Waals surface area contributed by atoms with Gasteiger partial charge < -0.3 is 59.2 Å². The van der Waals surface area contributed by atoms with Crippen molar-refractivity contribution in [3.8, 4) is 0 Å². The minimum absolute atomic E-state index is 0.303. The van der Waals surface area contributed by atoms with Crippen molar-refractivity contribution in [3.63, 3.8) is 0 Å². The number of hydrogen-bond acceptors (Lipinski definition) is 16. The van der Waals surface area contributed by atoms with Crippen LogP contribution in [0.5, 0.6) is 0 Å². The van der Waals surface area contributed by atoms with Gasteiger partial charge in [0.1, 0.15) is 0 Å². The van der Waals surface area contributed by atoms with E-state index in [4.69, 9.17) is 90.4 Å². The van der Waals surface area contributed by atoms with Crippen LogP contribution in [0.2, 0.25) is 0 Å². The zero-order valence-electron chi connectivity index (χ0n) is 21.9. The number of hydrazine groups is 8. The molecular formula is C18H32MoN10O4S8. The second-order valence-corrected chi connectivity index (χ2v) is 12.8. The van der Waals surface area contributed by atoms with Gasteiger partial charge in [-0.1, -0.05) is 0 Å². The summed E-state index contributed by atoms with van der Waals surface area (Å²) in [5, 5.41) is 14.7. The van der Waals surface area contributed by atoms with Crippen LogP contribution in [0, 0.1) is 0 Å². The number of thiocarbonyl (C=S) groups is 4. The molecule has 0 unspecified atom stereocenters. The molecule has 0 radical (unpaired) electrons. The summed E-state index contributed by atoms with van der Waals surface area (Å²) >= 11 is 37.8. The molecule has 4 heterocycles. The number of nitrogens with one attached hydrogen (secondary N) is 2. The molecule has 14 nitrogen and oxygen atoms in total. The van der Waals surface area contributed by atoms with Gasteiger partial charge in [-0.25, -0.2) is 21.1 Å². The second-order valence-electron chi connectivity index (χ2n) is 8.22. The molecule has 4 fully saturated rings. The van der Waals surface area contributed by atoms with Crippen LogP contribution < -0.4 is 10.9 Å². The number of hydrogen-bond donors (Lipinski definition) is 4. The average molecular weight is 805 g/mol. The molecule has 0 bridgehead atoms. The number of morpholine rings is 2. The van der Waals surface area contributed by atoms with Crippen molar-refractivity contribution in [2.45, 2.75) is 12.8 Å². The first kappa shape index (κ1) is 37.9. The fourth-order valence-electron chi connectivity index (χ4n) is 4.04. The number of thiol groups is 2. The molecule has 4 saturated heterocycles. The molecule has 4 aliphatic rings. The van der Waals surface area contributed by atoms with Crippen molar-refractivity contribution in [2.75, 3.05) is 78.8 Å². The third kappa shape index (κ3) is 12.2. The van der Waals surface area contributed by atoms with E-state index in [0.29, 0.717) is 43.7 Å². The van der Waals surface area contributed by atoms with E-state index >= 15 is 0 Å². The standard InChI is InChI=1S/2C9H17N5OS4.Mo.2O/c2*16-8(17)13(11-4-6-15-7-5-11)14(9(18)19)12-3-1-2-10-12;;;/h2*10H,1-7H2,(H,16,17)(H,18,19);;;/q;;+2;;/p-2. The molecule has 0 saturated carbocycles. The number of nitrogens with zero attached hydrogens (tertiary/aromatic N) is 8. The van der Waals surface area contributed by atoms with Crippen molar-refractivity contribution in [2.24, 2.45) is 0 Å². The molecule has 0 aromatic carbocycles. The van der Waals surface area contributed by atoms with Crippen LogP contribution in [0.4, 0.5) is 0 Å². The van der Waals surface area contributed by atoms with Crippen molar-refractivity contribution in [1.29, 1.82) is 0 Å². The SMILES string of the molecule is S=C(S)N(N1CCOCC1)N(C(=S)[S-])N1CCCN1.S=C(S)N(N1CCOCC1)N(C(=S)[S-])N1CCCN1.[O]=[Mo+2]=[O]. The fraction of sp³-hybridized carbons (Fsp3) is 0.778. The summed E-state index contributed by atoms with van der Waals surface area (Å²) in [5.41, 5.74) is 6.45. The number of rotatable bonds is 4. The molecule has 0 spiro atoms. The van der Waals surface area contributed by atoms with E-state index in [2.05, 4.69) is 36.1 Å². The summed E-state index contributed by atoms with van der Waals surface area (Å²) in [6, 6.07) is 0. The Hall–Kier alpha value is 0.668. The monoisotopic (exact) mass is 806 g/mol. The summed E-state index contributed by atoms with van der Waals surface area (Å²) in [4.78, 5) is 0. The first-order valence-electron chi connectivity index (χ1n) is 12.3. The normalized spacial score (nSPS) is 20.0. The van der Waals surface area contributed by atoms with E-state index in [9.17, 15) is 0 Å². The molecule has 0 atom stereocenters. The van der Waals surface area contributed by atoms with Gasteiger partial charge in [0.05, 0.1) is 26.4 Å². The summed E-state index contributed by atoms with van der Waals surface area (Å²) in [6.45, 7) is 8.95. The fourth-order valence-corrected chi connectivity index (χ4v) is 5.55. The van der Waals surface area contributed by atoms with Crippen molar-refractivity contribution in [3.05, 3.63) is 0 Å². The molecule has 4 rings (SSSR count). The molecule has 2 N–H and O–H groups in total. The van der Waals surface area contributed by atoms with E-state index in [1.54, 1.807) is 20.5 Å². The Balaban J connectivity index is 0.000000262. The summed E-state index contributed by atoms with van der Waals surface area (Å²) in [7, 11) is 0. The second kappa shape index (κ2) is 20.7. The molecule has 0 aromatic rings. The van der Waals surface area contributed by atoms with Crippen molar-refractivity contribution in [1.82, 2.24) is 51.6 Å². The van der Waals surface area contributed by atoms with Gasteiger partial charge in [0.2, 0.25) is 0 Å². The van der Waals surface area contributed by atoms with E-state index in [0.717, 1.165) is 65.2 Å². The predicted molar refractivity (Wildman–Crippen MR) is 175 cm³/mol. The molecule has 23 heteroatoms. The van der Waals surface area contributed by atoms with Gasteiger partial charge in [0.15, 0.2) is 8.64 Å². The van der Waals surface area contributed by atoms with E-state index in [1.165, 1.54) is 0 Å². The van der Waals surface area contributed by atoms with Crippen LogP contribution in [-0.2, 0) is 60.0 Å². The van der Waals surface area contributed by atoms with E-state index < -0.39 is 18.5 Å². The van der Waals surface area contributed by atoms with Gasteiger partial charge in [0.25, 0.3) is 0 Å². The van der Waals surface area contributed by atoms with Gasteiger partial charge in [-0.3, -0.25) is 0 Å². The van der Waals surface area contributed by atoms with Crippen molar-refractivity contribution < 1.29 is 34.8 Å². The van der Waals surface area contributed by atoms with Gasteiger partial charge in [0, 0.05) is 52.4 Å². The summed E-state index contributed by atoms with van der Waals surface area (Å²) < 4.78 is 29.1. The average Bonchev–Trinajstić information content (AvgIpc) is 3.66. The molecule has 0 amide bonds. The molecule has 232 valence electrons. The zero-order valence-corrected chi connectivity index (χ0v) is 30.6. The first-order chi connectivity index (χ1) is 19.6. The van der Waals surface area contributed by atoms with E-state index in [1.807, 2.05) is 20.3 Å². The summed E-state index contributed by atoms with van der Waals surface area (Å²) in [6.07, 6.45) is 2.06. The zero-order chi connectivity index (χ0) is 30.4. The third-order valence-electron chi connectivity index (χ3n) is 5.68. The number of ether oxygens (including phenoxy) is 2. The molecular weight excluding hydrogens is 773 g/mol. The van der Waals surface area contributed by atoms with Crippen LogP contribution in [0.3, 0.4) is 0 Å². The quantitative estimate of drug-likeness (QED) is 0.0976. The van der Waals surface area contributed by atoms with Gasteiger partial charge in [-0.2, -0.15) is 20.3 Å². The predicted octanol–water partition coefficient (Wildman–Crippen LogP) is -0.391. The first-order valence-corrected chi connectivity index (χ1v) is 17.3. The Labute approximate surface area is 292 Å². The Kier molecular flexibility index (Phi) is 19.1. The van der Waals surface area contributed by atoms with Crippen LogP contribution in [0.25, 0.3) is 0 Å². The maximum absolute atomic E-state index is 8.50. The van der Waals surface area contributed by atoms with Gasteiger partial charge >= 0.3 is 25.3 Å². The third-order valence-corrected chi connectivity index (χ3v) is 7.02. The Morgan fingerprint density at radius 3 is 1.20 bits per heavy atom. The van der Waals surface area contributed by atoms with Crippen molar-refractivity contribution >= 4 is 117 Å². The van der Waals surface area contributed by atoms with Crippen LogP contribution >= 0.6 is 74.1 Å². The van der Waals surface area contributed by atoms with Gasteiger partial charge in [-0.05, 0) is 45.9 Å². The van der Waals surface area contributed by atoms with E-state index in [-0.39, 0.29) is 0 Å². The molecule has 41 heavy (non-hydrogen) atoms. The molecule has 0 aliphatic carbocycles. The maximum atomic E-state index is 8.50. The summed E-state index contributed by atoms with van der Waals surface area (Å²) in [5.74, 6) is 0. The van der Waals surface area contributed by atoms with Crippen LogP contribution in [0.1, 0.15) is 12.8 Å².